The second-order valence-corrected chi connectivity index (χ2v) is 12.7. The monoisotopic (exact) mass is 600 g/mol. The predicted octanol–water partition coefficient (Wildman–Crippen LogP) is 1.40. The molecule has 42 heavy (non-hydrogen) atoms. The van der Waals surface area contributed by atoms with Crippen LogP contribution in [-0.4, -0.2) is 87.3 Å². The average Bonchev–Trinajstić information content (AvgIpc) is 3.79. The van der Waals surface area contributed by atoms with Crippen molar-refractivity contribution in [2.24, 2.45) is 17.6 Å². The number of carbonyl (C=O) groups excluding carboxylic acids is 3. The van der Waals surface area contributed by atoms with Crippen molar-refractivity contribution in [2.75, 3.05) is 39.3 Å². The number of hydrogen-bond donors (Lipinski definition) is 4. The van der Waals surface area contributed by atoms with Crippen LogP contribution < -0.4 is 15.8 Å². The van der Waals surface area contributed by atoms with Crippen molar-refractivity contribution in [1.82, 2.24) is 19.8 Å². The zero-order valence-corrected chi connectivity index (χ0v) is 24.7. The first-order valence-corrected chi connectivity index (χ1v) is 15.8. The number of hydrogen-bond acceptors (Lipinski definition) is 7. The van der Waals surface area contributed by atoms with Gasteiger partial charge in [0, 0.05) is 26.2 Å². The quantitative estimate of drug-likeness (QED) is 0.152. The van der Waals surface area contributed by atoms with Gasteiger partial charge < -0.3 is 25.6 Å². The Kier molecular flexibility index (Phi) is 10.4. The summed E-state index contributed by atoms with van der Waals surface area (Å²) < 4.78 is 34.5. The van der Waals surface area contributed by atoms with Gasteiger partial charge in [-0.3, -0.25) is 19.8 Å². The summed E-state index contributed by atoms with van der Waals surface area (Å²) in [6, 6.07) is 10.5. The van der Waals surface area contributed by atoms with E-state index in [-0.39, 0.29) is 42.4 Å². The van der Waals surface area contributed by atoms with Crippen molar-refractivity contribution in [1.29, 1.82) is 5.41 Å². The van der Waals surface area contributed by atoms with E-state index in [9.17, 15) is 22.8 Å². The molecule has 2 amide bonds. The standard InChI is InChI=1S/C29H40N6O6S/c1-2-41-27(37)19-35(17-20-9-10-20)28(38)25(15-26(36)32-16-21-6-5-13-34(18-21)29(30)31)33-42(39,40)24-12-11-22-7-3-4-8-23(22)14-24/h3-4,7-8,11-12,14,20-21,25,33H,2,5-6,9-10,13,15-19H2,1H3,(H3,30,31)(H,32,36)/t21?,25-/m0/s1. The molecule has 0 radical (unpaired) electrons. The smallest absolute Gasteiger partial charge is 0.325 e. The highest BCUT2D eigenvalue weighted by Crippen LogP contribution is 2.30. The Morgan fingerprint density at radius 1 is 1.12 bits per heavy atom. The molecule has 4 rings (SSSR count). The van der Waals surface area contributed by atoms with Crippen LogP contribution in [0.1, 0.15) is 39.0 Å². The Morgan fingerprint density at radius 3 is 2.55 bits per heavy atom. The maximum absolute atomic E-state index is 13.8. The Bertz CT molecular complexity index is 1410. The second-order valence-electron chi connectivity index (χ2n) is 11.0. The molecule has 1 saturated heterocycles. The highest BCUT2D eigenvalue weighted by atomic mass is 32.2. The van der Waals surface area contributed by atoms with Crippen molar-refractivity contribution in [3.8, 4) is 0 Å². The van der Waals surface area contributed by atoms with Crippen molar-refractivity contribution >= 4 is 44.5 Å². The van der Waals surface area contributed by atoms with Crippen molar-refractivity contribution in [2.45, 2.75) is 50.0 Å². The van der Waals surface area contributed by atoms with Gasteiger partial charge in [-0.15, -0.1) is 0 Å². The molecule has 13 heteroatoms. The van der Waals surface area contributed by atoms with E-state index in [1.54, 1.807) is 30.0 Å². The number of piperidine rings is 1. The molecule has 1 aliphatic carbocycles. The SMILES string of the molecule is CCOC(=O)CN(CC1CC1)C(=O)[C@H](CC(=O)NCC1CCCN(C(=N)N)C1)NS(=O)(=O)c1ccc2ccccc2c1. The summed E-state index contributed by atoms with van der Waals surface area (Å²) in [6.45, 7) is 3.27. The van der Waals surface area contributed by atoms with Gasteiger partial charge in [0.2, 0.25) is 21.8 Å². The summed E-state index contributed by atoms with van der Waals surface area (Å²) in [5, 5.41) is 12.1. The van der Waals surface area contributed by atoms with Crippen molar-refractivity contribution in [3.05, 3.63) is 42.5 Å². The molecule has 228 valence electrons. The molecule has 1 heterocycles. The van der Waals surface area contributed by atoms with E-state index in [0.717, 1.165) is 31.1 Å². The van der Waals surface area contributed by atoms with Crippen molar-refractivity contribution in [3.63, 3.8) is 0 Å². The lowest BCUT2D eigenvalue weighted by molar-refractivity contribution is -0.149. The molecule has 2 atom stereocenters. The van der Waals surface area contributed by atoms with Crippen LogP contribution in [0, 0.1) is 17.2 Å². The summed E-state index contributed by atoms with van der Waals surface area (Å²) >= 11 is 0. The molecule has 0 bridgehead atoms. The van der Waals surface area contributed by atoms with Crippen LogP contribution in [0.15, 0.2) is 47.4 Å². The zero-order valence-electron chi connectivity index (χ0n) is 23.9. The Balaban J connectivity index is 1.52. The molecule has 2 aromatic rings. The van der Waals surface area contributed by atoms with Crippen LogP contribution in [0.4, 0.5) is 0 Å². The summed E-state index contributed by atoms with van der Waals surface area (Å²) in [4.78, 5) is 42.2. The van der Waals surface area contributed by atoms with Gasteiger partial charge in [0.15, 0.2) is 5.96 Å². The lowest BCUT2D eigenvalue weighted by Gasteiger charge is -2.33. The number of ether oxygens (including phenoxy) is 1. The van der Waals surface area contributed by atoms with Gasteiger partial charge in [-0.05, 0) is 67.3 Å². The van der Waals surface area contributed by atoms with Crippen LogP contribution in [0.3, 0.4) is 0 Å². The third-order valence-corrected chi connectivity index (χ3v) is 9.05. The van der Waals surface area contributed by atoms with E-state index in [1.165, 1.54) is 17.0 Å². The summed E-state index contributed by atoms with van der Waals surface area (Å²) in [6.07, 6.45) is 3.03. The number of guanidine groups is 1. The minimum absolute atomic E-state index is 0.0165. The highest BCUT2D eigenvalue weighted by molar-refractivity contribution is 7.89. The van der Waals surface area contributed by atoms with Gasteiger partial charge in [0.25, 0.3) is 0 Å². The molecular formula is C29H40N6O6S. The van der Waals surface area contributed by atoms with Crippen molar-refractivity contribution < 1.29 is 27.5 Å². The number of nitrogens with one attached hydrogen (secondary N) is 3. The molecule has 2 aliphatic rings. The molecule has 2 aromatic carbocycles. The van der Waals surface area contributed by atoms with Crippen LogP contribution >= 0.6 is 0 Å². The molecule has 0 aromatic heterocycles. The average molecular weight is 601 g/mol. The molecule has 0 spiro atoms. The third-order valence-electron chi connectivity index (χ3n) is 7.58. The van der Waals surface area contributed by atoms with Crippen LogP contribution in [-0.2, 0) is 29.1 Å². The van der Waals surface area contributed by atoms with Crippen LogP contribution in [0.2, 0.25) is 0 Å². The summed E-state index contributed by atoms with van der Waals surface area (Å²) in [7, 11) is -4.22. The predicted molar refractivity (Wildman–Crippen MR) is 158 cm³/mol. The fraction of sp³-hybridized carbons (Fsp3) is 0.517. The maximum atomic E-state index is 13.8. The number of amides is 2. The lowest BCUT2D eigenvalue weighted by atomic mass is 9.98. The summed E-state index contributed by atoms with van der Waals surface area (Å²) in [5.41, 5.74) is 5.62. The van der Waals surface area contributed by atoms with Gasteiger partial charge >= 0.3 is 5.97 Å². The topological polar surface area (TPSA) is 175 Å². The number of rotatable bonds is 13. The lowest BCUT2D eigenvalue weighted by Crippen LogP contribution is -2.52. The fourth-order valence-electron chi connectivity index (χ4n) is 5.16. The number of fused-ring (bicyclic) bond motifs is 1. The van der Waals surface area contributed by atoms with E-state index >= 15 is 0 Å². The van der Waals surface area contributed by atoms with Gasteiger partial charge in [-0.2, -0.15) is 4.72 Å². The second kappa shape index (κ2) is 14.0. The largest absolute Gasteiger partial charge is 0.465 e. The number of sulfonamides is 1. The first-order valence-electron chi connectivity index (χ1n) is 14.4. The van der Waals surface area contributed by atoms with Gasteiger partial charge in [-0.1, -0.05) is 30.3 Å². The molecule has 12 nitrogen and oxygen atoms in total. The molecule has 5 N–H and O–H groups in total. The van der Waals surface area contributed by atoms with Crippen LogP contribution in [0.25, 0.3) is 10.8 Å². The number of nitrogens with two attached hydrogens (primary N) is 1. The van der Waals surface area contributed by atoms with Gasteiger partial charge in [0.05, 0.1) is 17.9 Å². The van der Waals surface area contributed by atoms with E-state index in [4.69, 9.17) is 15.9 Å². The normalized spacial score (nSPS) is 17.8. The van der Waals surface area contributed by atoms with Gasteiger partial charge in [-0.25, -0.2) is 8.42 Å². The Hall–Kier alpha value is -3.71. The van der Waals surface area contributed by atoms with E-state index < -0.39 is 40.3 Å². The molecule has 1 saturated carbocycles. The zero-order chi connectivity index (χ0) is 30.3. The van der Waals surface area contributed by atoms with E-state index in [0.29, 0.717) is 25.0 Å². The Labute approximate surface area is 246 Å². The number of nitrogens with zero attached hydrogens (tertiary/aromatic N) is 2. The first kappa shape index (κ1) is 31.2. The minimum atomic E-state index is -4.22. The van der Waals surface area contributed by atoms with E-state index in [1.807, 2.05) is 12.1 Å². The molecule has 2 fully saturated rings. The number of likely N-dealkylation sites (tertiary alicyclic amines) is 1. The number of benzene rings is 2. The molecular weight excluding hydrogens is 560 g/mol. The summed E-state index contributed by atoms with van der Waals surface area (Å²) in [5.74, 6) is -1.50. The number of esters is 1. The molecule has 1 aliphatic heterocycles. The maximum Gasteiger partial charge on any atom is 0.325 e. The van der Waals surface area contributed by atoms with Gasteiger partial charge in [0.1, 0.15) is 12.6 Å². The first-order chi connectivity index (χ1) is 20.1. The fourth-order valence-corrected chi connectivity index (χ4v) is 6.39. The minimum Gasteiger partial charge on any atom is -0.465 e. The Morgan fingerprint density at radius 2 is 1.86 bits per heavy atom. The highest BCUT2D eigenvalue weighted by Gasteiger charge is 2.35. The number of carbonyl (C=O) groups is 3. The van der Waals surface area contributed by atoms with E-state index in [2.05, 4.69) is 10.0 Å². The molecule has 1 unspecified atom stereocenters. The van der Waals surface area contributed by atoms with Crippen LogP contribution in [0.5, 0.6) is 0 Å². The third kappa shape index (κ3) is 8.65.